The fraction of sp³-hybridized carbons (Fsp3) is 0.250. The fourth-order valence-corrected chi connectivity index (χ4v) is 1.79. The minimum absolute atomic E-state index is 0.258. The van der Waals surface area contributed by atoms with Gasteiger partial charge >= 0.3 is 12.4 Å². The average molecular weight is 308 g/mol. The van der Waals surface area contributed by atoms with E-state index < -0.39 is 33.6 Å². The largest absolute Gasteiger partial charge is 0.419 e. The number of halogens is 7. The van der Waals surface area contributed by atoms with Crippen LogP contribution in [-0.4, -0.2) is 0 Å². The highest BCUT2D eigenvalue weighted by Gasteiger charge is 2.38. The van der Waals surface area contributed by atoms with E-state index in [1.807, 2.05) is 0 Å². The van der Waals surface area contributed by atoms with Crippen molar-refractivity contribution in [3.8, 4) is 0 Å². The highest BCUT2D eigenvalue weighted by Crippen LogP contribution is 2.42. The van der Waals surface area contributed by atoms with Gasteiger partial charge in [-0.3, -0.25) is 0 Å². The highest BCUT2D eigenvalue weighted by atomic mass is 79.9. The number of nitrogens with two attached hydrogens (primary N) is 1. The SMILES string of the molecule is Nc1cc(C(F)(F)F)cc(Br)c1C(F)(F)F. The lowest BCUT2D eigenvalue weighted by Crippen LogP contribution is -2.13. The summed E-state index contributed by atoms with van der Waals surface area (Å²) in [7, 11) is 0. The second kappa shape index (κ2) is 3.83. The molecular formula is C8H4BrF6N. The Bertz CT molecular complexity index is 385. The van der Waals surface area contributed by atoms with E-state index in [-0.39, 0.29) is 6.07 Å². The van der Waals surface area contributed by atoms with Crippen molar-refractivity contribution in [2.75, 3.05) is 5.73 Å². The Kier molecular flexibility index (Phi) is 3.15. The Labute approximate surface area is 94.4 Å². The van der Waals surface area contributed by atoms with Gasteiger partial charge in [0.05, 0.1) is 11.1 Å². The van der Waals surface area contributed by atoms with Gasteiger partial charge in [0.2, 0.25) is 0 Å². The Morgan fingerprint density at radius 3 is 1.75 bits per heavy atom. The summed E-state index contributed by atoms with van der Waals surface area (Å²) in [5.41, 5.74) is 1.45. The molecule has 0 atom stereocenters. The van der Waals surface area contributed by atoms with Crippen LogP contribution in [0.3, 0.4) is 0 Å². The standard InChI is InChI=1S/C8H4BrF6N/c9-4-1-3(7(10,11)12)2-5(16)6(4)8(13,14)15/h1-2H,16H2. The Morgan fingerprint density at radius 1 is 0.938 bits per heavy atom. The van der Waals surface area contributed by atoms with E-state index in [9.17, 15) is 26.3 Å². The first-order valence-electron chi connectivity index (χ1n) is 3.77. The number of alkyl halides is 6. The summed E-state index contributed by atoms with van der Waals surface area (Å²) in [6, 6.07) is 0.604. The minimum Gasteiger partial charge on any atom is -0.398 e. The summed E-state index contributed by atoms with van der Waals surface area (Å²) in [6.45, 7) is 0. The number of rotatable bonds is 0. The van der Waals surface area contributed by atoms with Crippen LogP contribution in [0.1, 0.15) is 11.1 Å². The van der Waals surface area contributed by atoms with Crippen LogP contribution in [0.2, 0.25) is 0 Å². The first-order valence-corrected chi connectivity index (χ1v) is 4.56. The van der Waals surface area contributed by atoms with E-state index >= 15 is 0 Å². The molecular weight excluding hydrogens is 304 g/mol. The predicted octanol–water partition coefficient (Wildman–Crippen LogP) is 4.07. The summed E-state index contributed by atoms with van der Waals surface area (Å²) in [5.74, 6) is 0. The van der Waals surface area contributed by atoms with Gasteiger partial charge in [-0.2, -0.15) is 26.3 Å². The summed E-state index contributed by atoms with van der Waals surface area (Å²) < 4.78 is 73.0. The molecule has 0 radical (unpaired) electrons. The van der Waals surface area contributed by atoms with Gasteiger partial charge in [-0.05, 0) is 12.1 Å². The first kappa shape index (κ1) is 13.1. The van der Waals surface area contributed by atoms with Crippen molar-refractivity contribution in [3.05, 3.63) is 27.7 Å². The minimum atomic E-state index is -4.80. The Morgan fingerprint density at radius 2 is 1.44 bits per heavy atom. The lowest BCUT2D eigenvalue weighted by atomic mass is 10.1. The van der Waals surface area contributed by atoms with E-state index in [0.29, 0.717) is 6.07 Å². The number of benzene rings is 1. The van der Waals surface area contributed by atoms with Crippen LogP contribution in [0.15, 0.2) is 16.6 Å². The monoisotopic (exact) mass is 307 g/mol. The quantitative estimate of drug-likeness (QED) is 0.567. The molecule has 1 rings (SSSR count). The fourth-order valence-electron chi connectivity index (χ4n) is 1.09. The van der Waals surface area contributed by atoms with Crippen LogP contribution in [0.4, 0.5) is 32.0 Å². The van der Waals surface area contributed by atoms with Crippen LogP contribution in [0, 0.1) is 0 Å². The van der Waals surface area contributed by atoms with Crippen LogP contribution in [0.5, 0.6) is 0 Å². The van der Waals surface area contributed by atoms with Gasteiger partial charge in [0.1, 0.15) is 0 Å². The molecule has 1 aromatic rings. The van der Waals surface area contributed by atoms with Gasteiger partial charge in [0.25, 0.3) is 0 Å². The number of nitrogen functional groups attached to an aromatic ring is 1. The molecule has 1 nitrogen and oxygen atoms in total. The summed E-state index contributed by atoms with van der Waals surface area (Å²) in [4.78, 5) is 0. The third kappa shape index (κ3) is 2.60. The zero-order valence-electron chi connectivity index (χ0n) is 7.38. The van der Waals surface area contributed by atoms with E-state index in [1.165, 1.54) is 0 Å². The van der Waals surface area contributed by atoms with Gasteiger partial charge in [-0.1, -0.05) is 15.9 Å². The van der Waals surface area contributed by atoms with Crippen molar-refractivity contribution >= 4 is 21.6 Å². The maximum atomic E-state index is 12.3. The molecule has 0 aromatic heterocycles. The van der Waals surface area contributed by atoms with E-state index in [0.717, 1.165) is 0 Å². The van der Waals surface area contributed by atoms with Crippen molar-refractivity contribution < 1.29 is 26.3 Å². The predicted molar refractivity (Wildman–Crippen MR) is 48.6 cm³/mol. The molecule has 8 heteroatoms. The van der Waals surface area contributed by atoms with Crippen molar-refractivity contribution in [1.29, 1.82) is 0 Å². The van der Waals surface area contributed by atoms with Gasteiger partial charge in [-0.15, -0.1) is 0 Å². The lowest BCUT2D eigenvalue weighted by molar-refractivity contribution is -0.141. The van der Waals surface area contributed by atoms with E-state index in [2.05, 4.69) is 15.9 Å². The zero-order chi connectivity index (χ0) is 12.7. The summed E-state index contributed by atoms with van der Waals surface area (Å²) in [5, 5.41) is 0. The van der Waals surface area contributed by atoms with Crippen LogP contribution in [0.25, 0.3) is 0 Å². The molecule has 1 aromatic carbocycles. The number of hydrogen-bond acceptors (Lipinski definition) is 1. The molecule has 0 amide bonds. The molecule has 0 saturated carbocycles. The lowest BCUT2D eigenvalue weighted by Gasteiger charge is -2.15. The van der Waals surface area contributed by atoms with E-state index in [4.69, 9.17) is 5.73 Å². The first-order chi connectivity index (χ1) is 7.03. The maximum Gasteiger partial charge on any atom is 0.419 e. The average Bonchev–Trinajstić information content (AvgIpc) is 1.97. The van der Waals surface area contributed by atoms with Gasteiger partial charge in [0, 0.05) is 10.2 Å². The van der Waals surface area contributed by atoms with Crippen LogP contribution in [-0.2, 0) is 12.4 Å². The highest BCUT2D eigenvalue weighted by molar-refractivity contribution is 9.10. The number of hydrogen-bond donors (Lipinski definition) is 1. The molecule has 0 bridgehead atoms. The molecule has 0 fully saturated rings. The Balaban J connectivity index is 3.41. The smallest absolute Gasteiger partial charge is 0.398 e. The van der Waals surface area contributed by atoms with Gasteiger partial charge in [-0.25, -0.2) is 0 Å². The molecule has 16 heavy (non-hydrogen) atoms. The Hall–Kier alpha value is -0.920. The summed E-state index contributed by atoms with van der Waals surface area (Å²) >= 11 is 2.43. The zero-order valence-corrected chi connectivity index (χ0v) is 8.96. The second-order valence-corrected chi connectivity index (χ2v) is 3.77. The molecule has 90 valence electrons. The van der Waals surface area contributed by atoms with Crippen LogP contribution >= 0.6 is 15.9 Å². The third-order valence-electron chi connectivity index (χ3n) is 1.73. The molecule has 0 aliphatic heterocycles. The van der Waals surface area contributed by atoms with Crippen molar-refractivity contribution in [1.82, 2.24) is 0 Å². The topological polar surface area (TPSA) is 26.0 Å². The molecule has 2 N–H and O–H groups in total. The normalized spacial score (nSPS) is 12.9. The molecule has 0 heterocycles. The van der Waals surface area contributed by atoms with Crippen LogP contribution < -0.4 is 5.73 Å². The molecule has 0 aliphatic carbocycles. The van der Waals surface area contributed by atoms with Crippen molar-refractivity contribution in [2.24, 2.45) is 0 Å². The third-order valence-corrected chi connectivity index (χ3v) is 2.36. The van der Waals surface area contributed by atoms with Gasteiger partial charge in [0.15, 0.2) is 0 Å². The molecule has 0 spiro atoms. The second-order valence-electron chi connectivity index (χ2n) is 2.92. The van der Waals surface area contributed by atoms with Gasteiger partial charge < -0.3 is 5.73 Å². The summed E-state index contributed by atoms with van der Waals surface area (Å²) in [6.07, 6.45) is -9.53. The maximum absolute atomic E-state index is 12.3. The molecule has 0 unspecified atom stereocenters. The molecule has 0 saturated heterocycles. The van der Waals surface area contributed by atoms with E-state index in [1.54, 1.807) is 0 Å². The van der Waals surface area contributed by atoms with Crippen molar-refractivity contribution in [2.45, 2.75) is 12.4 Å². The number of anilines is 1. The van der Waals surface area contributed by atoms with Crippen molar-refractivity contribution in [3.63, 3.8) is 0 Å². The molecule has 0 aliphatic rings.